The molecular weight excluding hydrogens is 288 g/mol. The topological polar surface area (TPSA) is 109 Å². The van der Waals surface area contributed by atoms with E-state index >= 15 is 0 Å². The lowest BCUT2D eigenvalue weighted by Crippen LogP contribution is -2.41. The van der Waals surface area contributed by atoms with Crippen molar-refractivity contribution in [3.05, 3.63) is 11.2 Å². The van der Waals surface area contributed by atoms with E-state index in [1.54, 1.807) is 6.92 Å². The zero-order valence-corrected chi connectivity index (χ0v) is 12.1. The van der Waals surface area contributed by atoms with E-state index in [0.717, 1.165) is 5.01 Å². The molecule has 1 aliphatic rings. The summed E-state index contributed by atoms with van der Waals surface area (Å²) in [7, 11) is -3.45. The first-order valence-electron chi connectivity index (χ1n) is 5.85. The van der Waals surface area contributed by atoms with Crippen LogP contribution in [0, 0.1) is 12.8 Å². The highest BCUT2D eigenvalue weighted by atomic mass is 32.2. The van der Waals surface area contributed by atoms with Crippen LogP contribution < -0.4 is 5.73 Å². The van der Waals surface area contributed by atoms with Crippen molar-refractivity contribution in [3.63, 3.8) is 0 Å². The van der Waals surface area contributed by atoms with Gasteiger partial charge in [0.15, 0.2) is 4.21 Å². The van der Waals surface area contributed by atoms with Crippen molar-refractivity contribution in [2.24, 2.45) is 16.8 Å². The van der Waals surface area contributed by atoms with Gasteiger partial charge >= 0.3 is 0 Å². The summed E-state index contributed by atoms with van der Waals surface area (Å²) in [6, 6.07) is 0. The Balaban J connectivity index is 2.09. The maximum absolute atomic E-state index is 12.3. The van der Waals surface area contributed by atoms with Crippen molar-refractivity contribution < 1.29 is 13.6 Å². The van der Waals surface area contributed by atoms with E-state index in [9.17, 15) is 8.42 Å². The summed E-state index contributed by atoms with van der Waals surface area (Å²) in [5, 5.41) is 12.3. The summed E-state index contributed by atoms with van der Waals surface area (Å²) < 4.78 is 26.4. The summed E-state index contributed by atoms with van der Waals surface area (Å²) in [5.41, 5.74) is 5.54. The van der Waals surface area contributed by atoms with Gasteiger partial charge in [0.05, 0.1) is 11.2 Å². The molecule has 19 heavy (non-hydrogen) atoms. The number of oxime groups is 1. The largest absolute Gasteiger partial charge is 0.409 e. The van der Waals surface area contributed by atoms with Gasteiger partial charge in [0.1, 0.15) is 5.84 Å². The van der Waals surface area contributed by atoms with Crippen molar-refractivity contribution in [1.82, 2.24) is 9.29 Å². The van der Waals surface area contributed by atoms with Crippen LogP contribution in [0.1, 0.15) is 17.8 Å². The quantitative estimate of drug-likeness (QED) is 0.368. The Morgan fingerprint density at radius 3 is 2.68 bits per heavy atom. The van der Waals surface area contributed by atoms with Gasteiger partial charge in [0.2, 0.25) is 0 Å². The molecule has 1 fully saturated rings. The number of thiazole rings is 1. The minimum absolute atomic E-state index is 0.0559. The van der Waals surface area contributed by atoms with Gasteiger partial charge in [0.25, 0.3) is 10.0 Å². The highest BCUT2D eigenvalue weighted by Crippen LogP contribution is 2.26. The fraction of sp³-hybridized carbons (Fsp3) is 0.600. The van der Waals surface area contributed by atoms with E-state index in [1.807, 2.05) is 0 Å². The van der Waals surface area contributed by atoms with Gasteiger partial charge in [-0.3, -0.25) is 0 Å². The molecule has 0 spiro atoms. The molecular formula is C10H16N4O3S2. The highest BCUT2D eigenvalue weighted by molar-refractivity contribution is 7.91. The lowest BCUT2D eigenvalue weighted by Gasteiger charge is -2.29. The molecule has 2 heterocycles. The van der Waals surface area contributed by atoms with Gasteiger partial charge in [-0.05, 0) is 19.8 Å². The fourth-order valence-electron chi connectivity index (χ4n) is 2.06. The molecule has 0 radical (unpaired) electrons. The average Bonchev–Trinajstić information content (AvgIpc) is 2.85. The minimum atomic E-state index is -3.45. The average molecular weight is 304 g/mol. The summed E-state index contributed by atoms with van der Waals surface area (Å²) in [6.45, 7) is 2.52. The van der Waals surface area contributed by atoms with E-state index in [2.05, 4.69) is 10.1 Å². The third-order valence-corrected chi connectivity index (χ3v) is 6.43. The second-order valence-corrected chi connectivity index (χ2v) is 7.80. The second-order valence-electron chi connectivity index (χ2n) is 4.40. The number of hydrogen-bond donors (Lipinski definition) is 2. The lowest BCUT2D eigenvalue weighted by molar-refractivity contribution is 0.291. The number of aryl methyl sites for hydroxylation is 1. The third-order valence-electron chi connectivity index (χ3n) is 3.18. The van der Waals surface area contributed by atoms with Crippen molar-refractivity contribution >= 4 is 27.2 Å². The van der Waals surface area contributed by atoms with Crippen molar-refractivity contribution in [2.45, 2.75) is 24.0 Å². The van der Waals surface area contributed by atoms with E-state index in [-0.39, 0.29) is 16.0 Å². The number of amidine groups is 1. The minimum Gasteiger partial charge on any atom is -0.409 e. The molecule has 1 aliphatic heterocycles. The van der Waals surface area contributed by atoms with Crippen LogP contribution in [-0.2, 0) is 10.0 Å². The maximum Gasteiger partial charge on any atom is 0.254 e. The Hall–Kier alpha value is -1.19. The van der Waals surface area contributed by atoms with E-state index in [4.69, 9.17) is 10.9 Å². The molecule has 0 atom stereocenters. The van der Waals surface area contributed by atoms with Crippen LogP contribution in [-0.4, -0.2) is 41.8 Å². The van der Waals surface area contributed by atoms with Crippen LogP contribution in [0.15, 0.2) is 15.6 Å². The zero-order valence-electron chi connectivity index (χ0n) is 10.5. The molecule has 2 rings (SSSR count). The van der Waals surface area contributed by atoms with E-state index in [1.165, 1.54) is 21.8 Å². The Morgan fingerprint density at radius 2 is 2.21 bits per heavy atom. The number of rotatable bonds is 3. The van der Waals surface area contributed by atoms with Gasteiger partial charge in [-0.25, -0.2) is 13.4 Å². The first-order valence-corrected chi connectivity index (χ1v) is 8.11. The molecule has 0 unspecified atom stereocenters. The van der Waals surface area contributed by atoms with Gasteiger partial charge < -0.3 is 10.9 Å². The molecule has 0 aliphatic carbocycles. The second kappa shape index (κ2) is 5.43. The lowest BCUT2D eigenvalue weighted by atomic mass is 9.97. The molecule has 0 amide bonds. The molecule has 1 aromatic heterocycles. The standard InChI is InChI=1S/C10H16N4O3S2/c1-7-12-6-9(18-7)19(16,17)14-4-2-8(3-5-14)10(11)13-15/h6,8,15H,2-5H2,1H3,(H2,11,13). The number of piperidine rings is 1. The highest BCUT2D eigenvalue weighted by Gasteiger charge is 2.31. The predicted molar refractivity (Wildman–Crippen MR) is 71.7 cm³/mol. The normalized spacial score (nSPS) is 19.7. The summed E-state index contributed by atoms with van der Waals surface area (Å²) in [4.78, 5) is 3.97. The number of hydrogen-bond acceptors (Lipinski definition) is 6. The number of aromatic nitrogens is 1. The molecule has 1 aromatic rings. The van der Waals surface area contributed by atoms with Gasteiger partial charge in [0, 0.05) is 19.0 Å². The van der Waals surface area contributed by atoms with Gasteiger partial charge in [-0.15, -0.1) is 11.3 Å². The molecule has 0 bridgehead atoms. The van der Waals surface area contributed by atoms with Gasteiger partial charge in [-0.1, -0.05) is 5.16 Å². The SMILES string of the molecule is Cc1ncc(S(=O)(=O)N2CCC(/C(N)=N/O)CC2)s1. The van der Waals surface area contributed by atoms with Gasteiger partial charge in [-0.2, -0.15) is 4.31 Å². The Bertz CT molecular complexity index is 573. The Morgan fingerprint density at radius 1 is 1.58 bits per heavy atom. The predicted octanol–water partition coefficient (Wildman–Crippen LogP) is 0.599. The monoisotopic (exact) mass is 304 g/mol. The summed E-state index contributed by atoms with van der Waals surface area (Å²) in [5.74, 6) is 0.116. The molecule has 1 saturated heterocycles. The zero-order chi connectivity index (χ0) is 14.0. The first kappa shape index (κ1) is 14.2. The first-order chi connectivity index (χ1) is 8.95. The summed E-state index contributed by atoms with van der Waals surface area (Å²) in [6.07, 6.45) is 2.52. The smallest absolute Gasteiger partial charge is 0.254 e. The van der Waals surface area contributed by atoms with Crippen molar-refractivity contribution in [1.29, 1.82) is 0 Å². The van der Waals surface area contributed by atoms with Crippen molar-refractivity contribution in [3.8, 4) is 0 Å². The number of sulfonamides is 1. The molecule has 3 N–H and O–H groups in total. The van der Waals surface area contributed by atoms with Crippen LogP contribution in [0.25, 0.3) is 0 Å². The number of nitrogens with zero attached hydrogens (tertiary/aromatic N) is 3. The fourth-order valence-corrected chi connectivity index (χ4v) is 4.80. The van der Waals surface area contributed by atoms with Crippen LogP contribution >= 0.6 is 11.3 Å². The van der Waals surface area contributed by atoms with Crippen LogP contribution in [0.2, 0.25) is 0 Å². The molecule has 0 aromatic carbocycles. The summed E-state index contributed by atoms with van der Waals surface area (Å²) >= 11 is 1.17. The van der Waals surface area contributed by atoms with Crippen molar-refractivity contribution in [2.75, 3.05) is 13.1 Å². The van der Waals surface area contributed by atoms with Crippen LogP contribution in [0.4, 0.5) is 0 Å². The third kappa shape index (κ3) is 2.88. The molecule has 106 valence electrons. The molecule has 7 nitrogen and oxygen atoms in total. The van der Waals surface area contributed by atoms with Crippen LogP contribution in [0.5, 0.6) is 0 Å². The maximum atomic E-state index is 12.3. The molecule has 9 heteroatoms. The number of nitrogens with two attached hydrogens (primary N) is 1. The molecule has 0 saturated carbocycles. The van der Waals surface area contributed by atoms with E-state index < -0.39 is 10.0 Å². The Labute approximate surface area is 115 Å². The van der Waals surface area contributed by atoms with Crippen LogP contribution in [0.3, 0.4) is 0 Å². The van der Waals surface area contributed by atoms with E-state index in [0.29, 0.717) is 25.9 Å². The Kier molecular flexibility index (Phi) is 4.07.